The fraction of sp³-hybridized carbons (Fsp3) is 0.941. The topological polar surface area (TPSA) is 37.3 Å². The number of unbranched alkanes of at least 4 members (excludes halogenated alkanes) is 5. The molecule has 0 aromatic rings. The van der Waals surface area contributed by atoms with Gasteiger partial charge in [-0.15, -0.1) is 0 Å². The number of carboxylic acids is 1. The molecule has 1 aliphatic carbocycles. The molecular formula is C17H32O2. The highest BCUT2D eigenvalue weighted by Gasteiger charge is 2.23. The zero-order chi connectivity index (χ0) is 13.9. The van der Waals surface area contributed by atoms with E-state index in [1.807, 2.05) is 0 Å². The number of aliphatic carboxylic acids is 1. The maximum Gasteiger partial charge on any atom is 0.303 e. The Morgan fingerprint density at radius 2 is 1.53 bits per heavy atom. The van der Waals surface area contributed by atoms with Crippen LogP contribution in [0.5, 0.6) is 0 Å². The Kier molecular flexibility index (Phi) is 8.94. The van der Waals surface area contributed by atoms with Gasteiger partial charge < -0.3 is 5.11 Å². The van der Waals surface area contributed by atoms with Gasteiger partial charge in [0, 0.05) is 6.42 Å². The van der Waals surface area contributed by atoms with Gasteiger partial charge in [0.1, 0.15) is 0 Å². The molecule has 0 bridgehead atoms. The van der Waals surface area contributed by atoms with Crippen molar-refractivity contribution in [3.8, 4) is 0 Å². The Hall–Kier alpha value is -0.530. The Morgan fingerprint density at radius 3 is 2.05 bits per heavy atom. The molecule has 1 saturated carbocycles. The van der Waals surface area contributed by atoms with Crippen molar-refractivity contribution in [2.45, 2.75) is 90.4 Å². The number of rotatable bonds is 11. The predicted octanol–water partition coefficient (Wildman–Crippen LogP) is 5.41. The molecule has 2 atom stereocenters. The Morgan fingerprint density at radius 1 is 0.947 bits per heavy atom. The minimum absolute atomic E-state index is 0.352. The van der Waals surface area contributed by atoms with Gasteiger partial charge in [0.05, 0.1) is 0 Å². The van der Waals surface area contributed by atoms with Crippen LogP contribution in [-0.2, 0) is 4.79 Å². The van der Waals surface area contributed by atoms with Crippen molar-refractivity contribution in [1.82, 2.24) is 0 Å². The molecule has 0 aromatic heterocycles. The maximum atomic E-state index is 10.4. The van der Waals surface area contributed by atoms with Gasteiger partial charge in [-0.2, -0.15) is 0 Å². The zero-order valence-electron chi connectivity index (χ0n) is 12.7. The van der Waals surface area contributed by atoms with Gasteiger partial charge in [0.2, 0.25) is 0 Å². The van der Waals surface area contributed by atoms with Crippen LogP contribution >= 0.6 is 0 Å². The van der Waals surface area contributed by atoms with Gasteiger partial charge in [-0.25, -0.2) is 0 Å². The third-order valence-corrected chi connectivity index (χ3v) is 4.62. The van der Waals surface area contributed by atoms with E-state index in [1.54, 1.807) is 0 Å². The largest absolute Gasteiger partial charge is 0.481 e. The molecule has 2 unspecified atom stereocenters. The highest BCUT2D eigenvalue weighted by atomic mass is 16.4. The molecule has 2 heteroatoms. The number of hydrogen-bond acceptors (Lipinski definition) is 1. The molecule has 1 aliphatic rings. The van der Waals surface area contributed by atoms with Crippen LogP contribution in [0, 0.1) is 11.8 Å². The summed E-state index contributed by atoms with van der Waals surface area (Å²) in [5.41, 5.74) is 0. The van der Waals surface area contributed by atoms with Gasteiger partial charge in [-0.3, -0.25) is 4.79 Å². The van der Waals surface area contributed by atoms with Gasteiger partial charge >= 0.3 is 5.97 Å². The minimum Gasteiger partial charge on any atom is -0.481 e. The van der Waals surface area contributed by atoms with Crippen molar-refractivity contribution in [2.24, 2.45) is 11.8 Å². The Labute approximate surface area is 119 Å². The molecule has 0 aliphatic heterocycles. The van der Waals surface area contributed by atoms with E-state index < -0.39 is 5.97 Å². The van der Waals surface area contributed by atoms with E-state index in [-0.39, 0.29) is 0 Å². The summed E-state index contributed by atoms with van der Waals surface area (Å²) >= 11 is 0. The van der Waals surface area contributed by atoms with Gasteiger partial charge in [0.15, 0.2) is 0 Å². The smallest absolute Gasteiger partial charge is 0.303 e. The average molecular weight is 268 g/mol. The second kappa shape index (κ2) is 10.3. The summed E-state index contributed by atoms with van der Waals surface area (Å²) in [6, 6.07) is 0. The highest BCUT2D eigenvalue weighted by Crippen LogP contribution is 2.37. The van der Waals surface area contributed by atoms with Crippen molar-refractivity contribution in [3.05, 3.63) is 0 Å². The molecule has 0 aromatic carbocycles. The second-order valence-electron chi connectivity index (χ2n) is 6.39. The maximum absolute atomic E-state index is 10.4. The molecule has 1 N–H and O–H groups in total. The predicted molar refractivity (Wildman–Crippen MR) is 80.3 cm³/mol. The molecule has 1 rings (SSSR count). The second-order valence-corrected chi connectivity index (χ2v) is 6.39. The highest BCUT2D eigenvalue weighted by molar-refractivity contribution is 5.66. The van der Waals surface area contributed by atoms with Crippen LogP contribution in [0.25, 0.3) is 0 Å². The van der Waals surface area contributed by atoms with Crippen molar-refractivity contribution in [3.63, 3.8) is 0 Å². The van der Waals surface area contributed by atoms with Crippen molar-refractivity contribution in [2.75, 3.05) is 0 Å². The van der Waals surface area contributed by atoms with Gasteiger partial charge in [-0.1, -0.05) is 71.1 Å². The molecule has 0 amide bonds. The van der Waals surface area contributed by atoms with Crippen molar-refractivity contribution < 1.29 is 9.90 Å². The summed E-state index contributed by atoms with van der Waals surface area (Å²) in [6.45, 7) is 2.27. The summed E-state index contributed by atoms with van der Waals surface area (Å²) in [5.74, 6) is 1.30. The molecule has 112 valence electrons. The van der Waals surface area contributed by atoms with Crippen LogP contribution in [0.1, 0.15) is 90.4 Å². The third-order valence-electron chi connectivity index (χ3n) is 4.62. The van der Waals surface area contributed by atoms with Crippen LogP contribution in [0.3, 0.4) is 0 Å². The lowest BCUT2D eigenvalue weighted by atomic mass is 9.95. The first-order valence-corrected chi connectivity index (χ1v) is 8.44. The normalized spacial score (nSPS) is 22.8. The third kappa shape index (κ3) is 8.28. The fourth-order valence-corrected chi connectivity index (χ4v) is 3.45. The van der Waals surface area contributed by atoms with E-state index >= 15 is 0 Å². The quantitative estimate of drug-likeness (QED) is 0.509. The van der Waals surface area contributed by atoms with Crippen molar-refractivity contribution in [1.29, 1.82) is 0 Å². The first kappa shape index (κ1) is 16.5. The molecule has 0 radical (unpaired) electrons. The number of carboxylic acid groups (broad SMARTS) is 1. The van der Waals surface area contributed by atoms with Crippen LogP contribution < -0.4 is 0 Å². The van der Waals surface area contributed by atoms with Crippen LogP contribution in [0.15, 0.2) is 0 Å². The van der Waals surface area contributed by atoms with E-state index in [0.29, 0.717) is 6.42 Å². The lowest BCUT2D eigenvalue weighted by Gasteiger charge is -2.11. The first-order valence-electron chi connectivity index (χ1n) is 8.44. The molecular weight excluding hydrogens is 236 g/mol. The van der Waals surface area contributed by atoms with E-state index in [1.165, 1.54) is 64.2 Å². The zero-order valence-corrected chi connectivity index (χ0v) is 12.7. The summed E-state index contributed by atoms with van der Waals surface area (Å²) < 4.78 is 0. The van der Waals surface area contributed by atoms with Crippen LogP contribution in [0.2, 0.25) is 0 Å². The SMILES string of the molecule is CCCCCCC1CCC(CCCCCC(=O)O)C1. The van der Waals surface area contributed by atoms with Crippen LogP contribution in [-0.4, -0.2) is 11.1 Å². The monoisotopic (exact) mass is 268 g/mol. The standard InChI is InChI=1S/C17H32O2/c1-2-3-4-6-9-15-12-13-16(14-15)10-7-5-8-11-17(18)19/h15-16H,2-14H2,1H3,(H,18,19). The van der Waals surface area contributed by atoms with E-state index in [4.69, 9.17) is 5.11 Å². The fourth-order valence-electron chi connectivity index (χ4n) is 3.45. The summed E-state index contributed by atoms with van der Waals surface area (Å²) in [6.07, 6.45) is 16.3. The summed E-state index contributed by atoms with van der Waals surface area (Å²) in [4.78, 5) is 10.4. The van der Waals surface area contributed by atoms with E-state index in [0.717, 1.165) is 24.7 Å². The van der Waals surface area contributed by atoms with Gasteiger partial charge in [-0.05, 0) is 24.7 Å². The first-order chi connectivity index (χ1) is 9.22. The Bertz CT molecular complexity index is 237. The van der Waals surface area contributed by atoms with E-state index in [2.05, 4.69) is 6.92 Å². The Balaban J connectivity index is 1.94. The van der Waals surface area contributed by atoms with Crippen molar-refractivity contribution >= 4 is 5.97 Å². The van der Waals surface area contributed by atoms with Gasteiger partial charge in [0.25, 0.3) is 0 Å². The lowest BCUT2D eigenvalue weighted by molar-refractivity contribution is -0.137. The molecule has 0 spiro atoms. The molecule has 0 saturated heterocycles. The number of carbonyl (C=O) groups is 1. The summed E-state index contributed by atoms with van der Waals surface area (Å²) in [7, 11) is 0. The average Bonchev–Trinajstić information content (AvgIpc) is 2.82. The number of hydrogen-bond donors (Lipinski definition) is 1. The molecule has 0 heterocycles. The van der Waals surface area contributed by atoms with Crippen LogP contribution in [0.4, 0.5) is 0 Å². The summed E-state index contributed by atoms with van der Waals surface area (Å²) in [5, 5.41) is 8.58. The lowest BCUT2D eigenvalue weighted by Crippen LogP contribution is -1.98. The van der Waals surface area contributed by atoms with E-state index in [9.17, 15) is 4.79 Å². The minimum atomic E-state index is -0.645. The molecule has 1 fully saturated rings. The molecule has 19 heavy (non-hydrogen) atoms. The molecule has 2 nitrogen and oxygen atoms in total.